The molecule has 0 spiro atoms. The van der Waals surface area contributed by atoms with Gasteiger partial charge in [-0.05, 0) is 37.0 Å². The molecule has 3 heteroatoms. The van der Waals surface area contributed by atoms with Crippen LogP contribution >= 0.6 is 0 Å². The van der Waals surface area contributed by atoms with Crippen molar-refractivity contribution in [3.63, 3.8) is 0 Å². The number of hydrogen-bond acceptors (Lipinski definition) is 1. The highest BCUT2D eigenvalue weighted by Crippen LogP contribution is 2.33. The molecule has 0 aliphatic carbocycles. The number of anilines is 1. The van der Waals surface area contributed by atoms with Gasteiger partial charge in [0.2, 0.25) is 0 Å². The average molecular weight is 352 g/mol. The van der Waals surface area contributed by atoms with E-state index in [9.17, 15) is 4.79 Å². The van der Waals surface area contributed by atoms with Gasteiger partial charge in [-0.2, -0.15) is 0 Å². The monoisotopic (exact) mass is 351 g/mol. The summed E-state index contributed by atoms with van der Waals surface area (Å²) in [4.78, 5) is 12.9. The highest BCUT2D eigenvalue weighted by atomic mass is 16.2. The number of likely N-dealkylation sites (tertiary alicyclic amines) is 1. The third-order valence-electron chi connectivity index (χ3n) is 5.75. The predicted octanol–water partition coefficient (Wildman–Crippen LogP) is 4.66. The normalized spacial score (nSPS) is 22.3. The minimum Gasteiger partial charge on any atom is -0.321 e. The van der Waals surface area contributed by atoms with Gasteiger partial charge in [-0.25, -0.2) is 0 Å². The van der Waals surface area contributed by atoms with Gasteiger partial charge in [0, 0.05) is 18.0 Å². The molecule has 3 rings (SSSR count). The number of para-hydroxylation sites is 1. The Bertz CT molecular complexity index is 736. The van der Waals surface area contributed by atoms with E-state index in [1.807, 2.05) is 6.07 Å². The van der Waals surface area contributed by atoms with Crippen LogP contribution < -0.4 is 5.32 Å². The van der Waals surface area contributed by atoms with E-state index in [1.54, 1.807) is 0 Å². The van der Waals surface area contributed by atoms with Gasteiger partial charge in [0.15, 0.2) is 6.54 Å². The summed E-state index contributed by atoms with van der Waals surface area (Å²) in [5, 5.41) is 3.19. The zero-order chi connectivity index (χ0) is 18.6. The number of nitrogens with one attached hydrogen (secondary N) is 1. The van der Waals surface area contributed by atoms with Crippen molar-refractivity contribution in [2.75, 3.05) is 31.5 Å². The van der Waals surface area contributed by atoms with E-state index < -0.39 is 0 Å². The first-order chi connectivity index (χ1) is 12.5. The van der Waals surface area contributed by atoms with Crippen molar-refractivity contribution in [2.45, 2.75) is 39.5 Å². The molecule has 26 heavy (non-hydrogen) atoms. The van der Waals surface area contributed by atoms with Crippen LogP contribution in [0, 0.1) is 13.8 Å². The first-order valence-electron chi connectivity index (χ1n) is 9.79. The molecule has 1 amide bonds. The molecule has 2 unspecified atom stereocenters. The lowest BCUT2D eigenvalue weighted by atomic mass is 9.99. The molecule has 1 saturated heterocycles. The van der Waals surface area contributed by atoms with Crippen LogP contribution in [0.5, 0.6) is 0 Å². The minimum atomic E-state index is 0.143. The molecule has 2 aromatic carbocycles. The lowest BCUT2D eigenvalue weighted by Crippen LogP contribution is -2.51. The summed E-state index contributed by atoms with van der Waals surface area (Å²) in [6.45, 7) is 10.1. The van der Waals surface area contributed by atoms with Crippen LogP contribution in [0.3, 0.4) is 0 Å². The highest BCUT2D eigenvalue weighted by molar-refractivity contribution is 5.93. The number of nitrogens with zero attached hydrogens (tertiary/aromatic N) is 1. The number of rotatable bonds is 6. The van der Waals surface area contributed by atoms with Gasteiger partial charge >= 0.3 is 0 Å². The lowest BCUT2D eigenvalue weighted by Gasteiger charge is -2.34. The van der Waals surface area contributed by atoms with Gasteiger partial charge in [0.05, 0.1) is 19.6 Å². The fourth-order valence-corrected chi connectivity index (χ4v) is 4.47. The largest absolute Gasteiger partial charge is 0.321 e. The number of carbonyl (C=O) groups excluding carboxylic acids is 1. The molecule has 1 N–H and O–H groups in total. The number of aryl methyl sites for hydroxylation is 2. The van der Waals surface area contributed by atoms with E-state index in [1.165, 1.54) is 12.0 Å². The molecule has 1 aliphatic rings. The number of hydrogen-bond donors (Lipinski definition) is 1. The van der Waals surface area contributed by atoms with Crippen molar-refractivity contribution in [1.82, 2.24) is 0 Å². The number of carbonyl (C=O) groups is 1. The molecule has 2 atom stereocenters. The summed E-state index contributed by atoms with van der Waals surface area (Å²) in [5.41, 5.74) is 4.65. The number of quaternary nitrogens is 1. The van der Waals surface area contributed by atoms with Gasteiger partial charge in [0.1, 0.15) is 0 Å². The average Bonchev–Trinajstić information content (AvgIpc) is 3.03. The van der Waals surface area contributed by atoms with Crippen LogP contribution in [-0.4, -0.2) is 36.6 Å². The Hall–Kier alpha value is -2.13. The molecule has 1 fully saturated rings. The summed E-state index contributed by atoms with van der Waals surface area (Å²) < 4.78 is 0.910. The summed E-state index contributed by atoms with van der Waals surface area (Å²) >= 11 is 0. The maximum Gasteiger partial charge on any atom is 0.279 e. The van der Waals surface area contributed by atoms with Crippen LogP contribution in [0.2, 0.25) is 0 Å². The molecule has 0 bridgehead atoms. The third kappa shape index (κ3) is 4.16. The summed E-state index contributed by atoms with van der Waals surface area (Å²) in [6.07, 6.45) is 2.28. The lowest BCUT2D eigenvalue weighted by molar-refractivity contribution is -0.909. The molecule has 138 valence electrons. The Kier molecular flexibility index (Phi) is 5.77. The highest BCUT2D eigenvalue weighted by Gasteiger charge is 2.39. The van der Waals surface area contributed by atoms with Crippen molar-refractivity contribution in [3.05, 3.63) is 65.2 Å². The maximum absolute atomic E-state index is 12.9. The van der Waals surface area contributed by atoms with Crippen LogP contribution in [0.15, 0.2) is 48.5 Å². The van der Waals surface area contributed by atoms with Gasteiger partial charge < -0.3 is 9.80 Å². The fourth-order valence-electron chi connectivity index (χ4n) is 4.47. The molecule has 1 heterocycles. The number of amides is 1. The Morgan fingerprint density at radius 1 is 1.08 bits per heavy atom. The van der Waals surface area contributed by atoms with Gasteiger partial charge in [-0.1, -0.05) is 55.5 Å². The Balaban J connectivity index is 1.71. The van der Waals surface area contributed by atoms with Crippen LogP contribution in [0.1, 0.15) is 42.4 Å². The summed E-state index contributed by atoms with van der Waals surface area (Å²) in [7, 11) is 0. The van der Waals surface area contributed by atoms with E-state index in [0.717, 1.165) is 47.4 Å². The minimum absolute atomic E-state index is 0.143. The van der Waals surface area contributed by atoms with Gasteiger partial charge in [-0.3, -0.25) is 4.79 Å². The second-order valence-electron chi connectivity index (χ2n) is 7.84. The van der Waals surface area contributed by atoms with Gasteiger partial charge in [0.25, 0.3) is 5.91 Å². The third-order valence-corrected chi connectivity index (χ3v) is 5.75. The Morgan fingerprint density at radius 2 is 1.77 bits per heavy atom. The SMILES string of the molecule is CCC[N+]1(CC(=O)Nc2c(C)cccc2C)CCC(c2ccccc2)C1. The second-order valence-corrected chi connectivity index (χ2v) is 7.84. The molecule has 3 nitrogen and oxygen atoms in total. The Labute approximate surface area is 157 Å². The first-order valence-corrected chi connectivity index (χ1v) is 9.79. The zero-order valence-electron chi connectivity index (χ0n) is 16.3. The van der Waals surface area contributed by atoms with E-state index in [4.69, 9.17) is 0 Å². The van der Waals surface area contributed by atoms with Crippen molar-refractivity contribution in [1.29, 1.82) is 0 Å². The van der Waals surface area contributed by atoms with Crippen LogP contribution in [0.4, 0.5) is 5.69 Å². The molecule has 2 aromatic rings. The Morgan fingerprint density at radius 3 is 2.42 bits per heavy atom. The van der Waals surface area contributed by atoms with E-state index in [0.29, 0.717) is 12.5 Å². The van der Waals surface area contributed by atoms with Crippen molar-refractivity contribution < 1.29 is 9.28 Å². The van der Waals surface area contributed by atoms with E-state index in [2.05, 4.69) is 68.6 Å². The van der Waals surface area contributed by atoms with Crippen LogP contribution in [0.25, 0.3) is 0 Å². The predicted molar refractivity (Wildman–Crippen MR) is 108 cm³/mol. The molecule has 1 aliphatic heterocycles. The van der Waals surface area contributed by atoms with Gasteiger partial charge in [-0.15, -0.1) is 0 Å². The van der Waals surface area contributed by atoms with Crippen LogP contribution in [-0.2, 0) is 4.79 Å². The molecule has 0 radical (unpaired) electrons. The molecule has 0 saturated carbocycles. The van der Waals surface area contributed by atoms with Crippen molar-refractivity contribution in [3.8, 4) is 0 Å². The zero-order valence-corrected chi connectivity index (χ0v) is 16.3. The summed E-state index contributed by atoms with van der Waals surface area (Å²) in [5.74, 6) is 0.709. The van der Waals surface area contributed by atoms with E-state index in [-0.39, 0.29) is 5.91 Å². The second kappa shape index (κ2) is 8.05. The smallest absolute Gasteiger partial charge is 0.279 e. The summed E-state index contributed by atoms with van der Waals surface area (Å²) in [6, 6.07) is 16.9. The number of benzene rings is 2. The maximum atomic E-state index is 12.9. The molecular formula is C23H31N2O+. The standard InChI is InChI=1S/C23H30N2O/c1-4-14-25(15-13-21(16-25)20-11-6-5-7-12-20)17-22(26)24-23-18(2)9-8-10-19(23)3/h5-12,21H,4,13-17H2,1-3H3/p+1. The quantitative estimate of drug-likeness (QED) is 0.754. The van der Waals surface area contributed by atoms with E-state index >= 15 is 0 Å². The fraction of sp³-hybridized carbons (Fsp3) is 0.435. The molecule has 0 aromatic heterocycles. The van der Waals surface area contributed by atoms with Crippen molar-refractivity contribution in [2.24, 2.45) is 0 Å². The molecular weight excluding hydrogens is 320 g/mol. The topological polar surface area (TPSA) is 29.1 Å². The van der Waals surface area contributed by atoms with Crippen molar-refractivity contribution >= 4 is 11.6 Å². The first kappa shape index (κ1) is 18.7.